The molecule has 1 heterocycles. The number of nitrogens with two attached hydrogens (primary N) is 1. The van der Waals surface area contributed by atoms with Gasteiger partial charge in [-0.15, -0.1) is 6.42 Å². The molecule has 0 aliphatic heterocycles. The lowest BCUT2D eigenvalue weighted by Crippen LogP contribution is -2.36. The minimum atomic E-state index is -0.485. The number of nitrogens with one attached hydrogen (secondary N) is 1. The smallest absolute Gasteiger partial charge is 0.264 e. The van der Waals surface area contributed by atoms with Gasteiger partial charge >= 0.3 is 0 Å². The Balaban J connectivity index is 2.42. The lowest BCUT2D eigenvalue weighted by molar-refractivity contribution is 0.0956. The number of pyridine rings is 1. The molecule has 0 saturated carbocycles. The van der Waals surface area contributed by atoms with Crippen LogP contribution in [-0.4, -0.2) is 23.6 Å². The summed E-state index contributed by atoms with van der Waals surface area (Å²) in [5, 5.41) is 2.49. The number of hydrogen-bond donors (Lipinski definition) is 2. The van der Waals surface area contributed by atoms with E-state index in [0.29, 0.717) is 0 Å². The van der Waals surface area contributed by atoms with Crippen LogP contribution >= 0.6 is 0 Å². The van der Waals surface area contributed by atoms with Crippen LogP contribution in [0.1, 0.15) is 22.0 Å². The molecule has 0 saturated heterocycles. The molecule has 5 nitrogen and oxygen atoms in total. The van der Waals surface area contributed by atoms with E-state index in [-0.39, 0.29) is 24.7 Å². The Bertz CT molecular complexity index is 744. The molecule has 5 heteroatoms. The van der Waals surface area contributed by atoms with Crippen LogP contribution in [0.15, 0.2) is 53.5 Å². The molecule has 2 aromatic rings. The number of carbonyl (C=O) groups is 1. The molecule has 0 spiro atoms. The van der Waals surface area contributed by atoms with E-state index in [9.17, 15) is 9.59 Å². The van der Waals surface area contributed by atoms with Crippen molar-refractivity contribution in [3.8, 4) is 12.3 Å². The van der Waals surface area contributed by atoms with Crippen LogP contribution in [0.3, 0.4) is 0 Å². The summed E-state index contributed by atoms with van der Waals surface area (Å²) in [6, 6.07) is 12.3. The minimum absolute atomic E-state index is 0.0483. The Morgan fingerprint density at radius 3 is 2.64 bits per heavy atom. The SMILES string of the molecule is C#CCNC(=O)c1cccn([C@@H](CN)c2ccccc2)c1=O. The molecule has 0 unspecified atom stereocenters. The summed E-state index contributed by atoms with van der Waals surface area (Å²) in [5.41, 5.74) is 6.39. The first-order valence-corrected chi connectivity index (χ1v) is 6.87. The number of amides is 1. The molecule has 3 N–H and O–H groups in total. The first-order valence-electron chi connectivity index (χ1n) is 6.87. The normalized spacial score (nSPS) is 11.5. The number of hydrogen-bond acceptors (Lipinski definition) is 3. The fourth-order valence-electron chi connectivity index (χ4n) is 2.24. The molecule has 0 radical (unpaired) electrons. The van der Waals surface area contributed by atoms with Crippen LogP contribution in [0.2, 0.25) is 0 Å². The van der Waals surface area contributed by atoms with Gasteiger partial charge < -0.3 is 15.6 Å². The Labute approximate surface area is 128 Å². The molecule has 22 heavy (non-hydrogen) atoms. The van der Waals surface area contributed by atoms with E-state index in [4.69, 9.17) is 12.2 Å². The molecular formula is C17H17N3O2. The van der Waals surface area contributed by atoms with Crippen LogP contribution in [-0.2, 0) is 0 Å². The van der Waals surface area contributed by atoms with Crippen molar-refractivity contribution in [1.82, 2.24) is 9.88 Å². The van der Waals surface area contributed by atoms with Crippen LogP contribution < -0.4 is 16.6 Å². The first-order chi connectivity index (χ1) is 10.7. The van der Waals surface area contributed by atoms with Gasteiger partial charge in [-0.25, -0.2) is 0 Å². The lowest BCUT2D eigenvalue weighted by atomic mass is 10.1. The third kappa shape index (κ3) is 3.25. The number of rotatable bonds is 5. The molecule has 0 aliphatic rings. The monoisotopic (exact) mass is 295 g/mol. The highest BCUT2D eigenvalue weighted by Crippen LogP contribution is 2.15. The van der Waals surface area contributed by atoms with E-state index in [0.717, 1.165) is 5.56 Å². The highest BCUT2D eigenvalue weighted by Gasteiger charge is 2.17. The number of benzene rings is 1. The second-order valence-electron chi connectivity index (χ2n) is 4.68. The van der Waals surface area contributed by atoms with E-state index in [1.54, 1.807) is 12.3 Å². The number of aromatic nitrogens is 1. The quantitative estimate of drug-likeness (QED) is 0.800. The summed E-state index contributed by atoms with van der Waals surface area (Å²) in [7, 11) is 0. The van der Waals surface area contributed by atoms with Crippen molar-refractivity contribution < 1.29 is 4.79 Å². The van der Waals surface area contributed by atoms with Gasteiger partial charge in [0, 0.05) is 12.7 Å². The van der Waals surface area contributed by atoms with E-state index in [1.807, 2.05) is 30.3 Å². The molecule has 2 rings (SSSR count). The van der Waals surface area contributed by atoms with Gasteiger partial charge in [-0.1, -0.05) is 36.3 Å². The summed E-state index contributed by atoms with van der Waals surface area (Å²) in [6.07, 6.45) is 6.73. The summed E-state index contributed by atoms with van der Waals surface area (Å²) < 4.78 is 1.47. The summed E-state index contributed by atoms with van der Waals surface area (Å²) in [4.78, 5) is 24.5. The van der Waals surface area contributed by atoms with Gasteiger partial charge in [0.15, 0.2) is 0 Å². The van der Waals surface area contributed by atoms with Crippen LogP contribution in [0.4, 0.5) is 0 Å². The van der Waals surface area contributed by atoms with Gasteiger partial charge in [0.2, 0.25) is 0 Å². The van der Waals surface area contributed by atoms with Crippen molar-refractivity contribution in [2.45, 2.75) is 6.04 Å². The van der Waals surface area contributed by atoms with Crippen LogP contribution in [0.25, 0.3) is 0 Å². The van der Waals surface area contributed by atoms with Gasteiger partial charge in [-0.05, 0) is 17.7 Å². The second-order valence-corrected chi connectivity index (χ2v) is 4.68. The Kier molecular flexibility index (Phi) is 5.12. The number of nitrogens with zero attached hydrogens (tertiary/aromatic N) is 1. The average molecular weight is 295 g/mol. The van der Waals surface area contributed by atoms with Crippen molar-refractivity contribution in [3.05, 3.63) is 70.1 Å². The third-order valence-corrected chi connectivity index (χ3v) is 3.31. The molecule has 1 atom stereocenters. The van der Waals surface area contributed by atoms with Gasteiger partial charge in [-0.2, -0.15) is 0 Å². The van der Waals surface area contributed by atoms with Crippen molar-refractivity contribution in [2.24, 2.45) is 5.73 Å². The zero-order valence-corrected chi connectivity index (χ0v) is 12.0. The largest absolute Gasteiger partial charge is 0.341 e. The molecule has 112 valence electrons. The molecule has 0 bridgehead atoms. The topological polar surface area (TPSA) is 77.1 Å². The molecule has 0 fully saturated rings. The standard InChI is InChI=1S/C17H17N3O2/c1-2-10-19-16(21)14-9-6-11-20(17(14)22)15(12-18)13-7-4-3-5-8-13/h1,3-9,11,15H,10,12,18H2,(H,19,21)/t15-/m0/s1. The Hall–Kier alpha value is -2.84. The van der Waals surface area contributed by atoms with Gasteiger partial charge in [0.05, 0.1) is 12.6 Å². The third-order valence-electron chi connectivity index (χ3n) is 3.31. The highest BCUT2D eigenvalue weighted by atomic mass is 16.2. The summed E-state index contributed by atoms with van der Waals surface area (Å²) in [6.45, 7) is 0.325. The van der Waals surface area contributed by atoms with Gasteiger partial charge in [-0.3, -0.25) is 9.59 Å². The molecule has 0 aliphatic carbocycles. The molecule has 1 aromatic heterocycles. The fourth-order valence-corrected chi connectivity index (χ4v) is 2.24. The predicted molar refractivity (Wildman–Crippen MR) is 85.5 cm³/mol. The number of terminal acetylenes is 1. The van der Waals surface area contributed by atoms with Crippen molar-refractivity contribution in [2.75, 3.05) is 13.1 Å². The first kappa shape index (κ1) is 15.5. The lowest BCUT2D eigenvalue weighted by Gasteiger charge is -2.19. The highest BCUT2D eigenvalue weighted by molar-refractivity contribution is 5.93. The van der Waals surface area contributed by atoms with Gasteiger partial charge in [0.1, 0.15) is 5.56 Å². The zero-order valence-electron chi connectivity index (χ0n) is 12.0. The number of carbonyl (C=O) groups excluding carboxylic acids is 1. The Morgan fingerprint density at radius 1 is 1.27 bits per heavy atom. The second kappa shape index (κ2) is 7.25. The van der Waals surface area contributed by atoms with E-state index < -0.39 is 11.5 Å². The maximum atomic E-state index is 12.5. The maximum Gasteiger partial charge on any atom is 0.264 e. The van der Waals surface area contributed by atoms with Crippen molar-refractivity contribution in [3.63, 3.8) is 0 Å². The summed E-state index contributed by atoms with van der Waals surface area (Å²) >= 11 is 0. The van der Waals surface area contributed by atoms with Crippen molar-refractivity contribution in [1.29, 1.82) is 0 Å². The predicted octanol–water partition coefficient (Wildman–Crippen LogP) is 0.759. The maximum absolute atomic E-state index is 12.5. The fraction of sp³-hybridized carbons (Fsp3) is 0.176. The van der Waals surface area contributed by atoms with E-state index >= 15 is 0 Å². The van der Waals surface area contributed by atoms with Gasteiger partial charge in [0.25, 0.3) is 11.5 Å². The Morgan fingerprint density at radius 2 is 2.00 bits per heavy atom. The van der Waals surface area contributed by atoms with Crippen molar-refractivity contribution >= 4 is 5.91 Å². The molecular weight excluding hydrogens is 278 g/mol. The average Bonchev–Trinajstić information content (AvgIpc) is 2.56. The van der Waals surface area contributed by atoms with E-state index in [1.165, 1.54) is 10.6 Å². The van der Waals surface area contributed by atoms with Crippen LogP contribution in [0.5, 0.6) is 0 Å². The molecule has 1 aromatic carbocycles. The van der Waals surface area contributed by atoms with Crippen LogP contribution in [0, 0.1) is 12.3 Å². The minimum Gasteiger partial charge on any atom is -0.341 e. The van der Waals surface area contributed by atoms with E-state index in [2.05, 4.69) is 11.2 Å². The zero-order chi connectivity index (χ0) is 15.9. The summed E-state index contributed by atoms with van der Waals surface area (Å²) in [5.74, 6) is 1.82. The molecule has 1 amide bonds.